The van der Waals surface area contributed by atoms with E-state index < -0.39 is 12.1 Å². The summed E-state index contributed by atoms with van der Waals surface area (Å²) in [5.41, 5.74) is 1.08. The summed E-state index contributed by atoms with van der Waals surface area (Å²) in [4.78, 5) is 21.7. The Morgan fingerprint density at radius 1 is 1.40 bits per heavy atom. The number of aromatic carboxylic acids is 1. The van der Waals surface area contributed by atoms with Crippen LogP contribution < -0.4 is 5.32 Å². The topological polar surface area (TPSA) is 75.6 Å². The minimum Gasteiger partial charge on any atom is -0.478 e. The standard InChI is InChI=1S/C10H11NO4/c1-6-7(9(12)13)4-3-5-8(6)11-10(14)15-2/h3-5H,1-2H3,(H,11,14)(H,12,13). The van der Waals surface area contributed by atoms with E-state index in [0.717, 1.165) is 0 Å². The number of nitrogens with one attached hydrogen (secondary N) is 1. The molecule has 80 valence electrons. The molecule has 0 saturated heterocycles. The van der Waals surface area contributed by atoms with Gasteiger partial charge in [0.05, 0.1) is 12.7 Å². The molecule has 0 aliphatic heterocycles. The van der Waals surface area contributed by atoms with Crippen molar-refractivity contribution < 1.29 is 19.4 Å². The first-order valence-electron chi connectivity index (χ1n) is 4.24. The van der Waals surface area contributed by atoms with E-state index in [-0.39, 0.29) is 5.56 Å². The van der Waals surface area contributed by atoms with Gasteiger partial charge in [0.2, 0.25) is 0 Å². The second-order valence-electron chi connectivity index (χ2n) is 2.90. The minimum atomic E-state index is -1.03. The highest BCUT2D eigenvalue weighted by Gasteiger charge is 2.11. The van der Waals surface area contributed by atoms with E-state index in [4.69, 9.17) is 5.11 Å². The van der Waals surface area contributed by atoms with Crippen molar-refractivity contribution in [2.75, 3.05) is 12.4 Å². The quantitative estimate of drug-likeness (QED) is 0.779. The lowest BCUT2D eigenvalue weighted by Crippen LogP contribution is -2.13. The van der Waals surface area contributed by atoms with E-state index in [1.54, 1.807) is 19.1 Å². The molecule has 0 fully saturated rings. The van der Waals surface area contributed by atoms with E-state index >= 15 is 0 Å². The maximum absolute atomic E-state index is 10.9. The van der Waals surface area contributed by atoms with Crippen LogP contribution in [-0.4, -0.2) is 24.3 Å². The van der Waals surface area contributed by atoms with E-state index in [0.29, 0.717) is 11.3 Å². The maximum atomic E-state index is 10.9. The number of carboxylic acids is 1. The van der Waals surface area contributed by atoms with Gasteiger partial charge in [-0.3, -0.25) is 5.32 Å². The Bertz CT molecular complexity index is 400. The Kier molecular flexibility index (Phi) is 3.28. The van der Waals surface area contributed by atoms with Crippen LogP contribution in [0.2, 0.25) is 0 Å². The maximum Gasteiger partial charge on any atom is 0.411 e. The zero-order chi connectivity index (χ0) is 11.4. The number of anilines is 1. The molecule has 0 atom stereocenters. The first-order valence-corrected chi connectivity index (χ1v) is 4.24. The number of ether oxygens (including phenoxy) is 1. The lowest BCUT2D eigenvalue weighted by molar-refractivity contribution is 0.0696. The van der Waals surface area contributed by atoms with Crippen molar-refractivity contribution in [3.63, 3.8) is 0 Å². The normalized spacial score (nSPS) is 9.47. The molecule has 1 aromatic rings. The molecule has 15 heavy (non-hydrogen) atoms. The molecule has 2 N–H and O–H groups in total. The van der Waals surface area contributed by atoms with Gasteiger partial charge >= 0.3 is 12.1 Å². The Balaban J connectivity index is 3.04. The Hall–Kier alpha value is -2.04. The molecule has 0 unspecified atom stereocenters. The summed E-state index contributed by atoms with van der Waals surface area (Å²) in [5.74, 6) is -1.03. The van der Waals surface area contributed by atoms with Gasteiger partial charge < -0.3 is 9.84 Å². The van der Waals surface area contributed by atoms with Crippen molar-refractivity contribution in [3.8, 4) is 0 Å². The highest BCUT2D eigenvalue weighted by molar-refractivity contribution is 5.93. The van der Waals surface area contributed by atoms with Gasteiger partial charge in [0.15, 0.2) is 0 Å². The summed E-state index contributed by atoms with van der Waals surface area (Å²) in [6, 6.07) is 4.64. The number of hydrogen-bond acceptors (Lipinski definition) is 3. The monoisotopic (exact) mass is 209 g/mol. The van der Waals surface area contributed by atoms with Gasteiger partial charge in [-0.05, 0) is 24.6 Å². The van der Waals surface area contributed by atoms with Crippen LogP contribution in [0.1, 0.15) is 15.9 Å². The number of carbonyl (C=O) groups is 2. The van der Waals surface area contributed by atoms with E-state index in [2.05, 4.69) is 10.1 Å². The Labute approximate surface area is 86.7 Å². The number of methoxy groups -OCH3 is 1. The van der Waals surface area contributed by atoms with Crippen LogP contribution in [0.4, 0.5) is 10.5 Å². The van der Waals surface area contributed by atoms with Crippen molar-refractivity contribution in [1.29, 1.82) is 0 Å². The molecule has 0 radical (unpaired) electrons. The van der Waals surface area contributed by atoms with Crippen molar-refractivity contribution in [2.24, 2.45) is 0 Å². The summed E-state index contributed by atoms with van der Waals surface area (Å²) in [5, 5.41) is 11.3. The molecule has 0 spiro atoms. The molecule has 0 aliphatic rings. The average Bonchev–Trinajstić information content (AvgIpc) is 2.20. The first kappa shape index (κ1) is 11.0. The van der Waals surface area contributed by atoms with Crippen molar-refractivity contribution >= 4 is 17.7 Å². The number of benzene rings is 1. The van der Waals surface area contributed by atoms with Gasteiger partial charge in [0.1, 0.15) is 0 Å². The zero-order valence-corrected chi connectivity index (χ0v) is 8.40. The SMILES string of the molecule is COC(=O)Nc1cccc(C(=O)O)c1C. The van der Waals surface area contributed by atoms with E-state index in [1.807, 2.05) is 0 Å². The number of hydrogen-bond donors (Lipinski definition) is 2. The number of rotatable bonds is 2. The van der Waals surface area contributed by atoms with Crippen LogP contribution in [-0.2, 0) is 4.74 Å². The minimum absolute atomic E-state index is 0.156. The summed E-state index contributed by atoms with van der Waals surface area (Å²) in [6.07, 6.45) is -0.624. The lowest BCUT2D eigenvalue weighted by atomic mass is 10.1. The van der Waals surface area contributed by atoms with Gasteiger partial charge in [-0.15, -0.1) is 0 Å². The van der Waals surface area contributed by atoms with E-state index in [1.165, 1.54) is 13.2 Å². The van der Waals surface area contributed by atoms with Crippen molar-refractivity contribution in [2.45, 2.75) is 6.92 Å². The number of carbonyl (C=O) groups excluding carboxylic acids is 1. The predicted octanol–water partition coefficient (Wildman–Crippen LogP) is 1.87. The largest absolute Gasteiger partial charge is 0.478 e. The van der Waals surface area contributed by atoms with Crippen LogP contribution in [0.3, 0.4) is 0 Å². The van der Waals surface area contributed by atoms with Crippen LogP contribution in [0.25, 0.3) is 0 Å². The average molecular weight is 209 g/mol. The summed E-state index contributed by atoms with van der Waals surface area (Å²) < 4.78 is 4.41. The molecule has 5 heteroatoms. The fraction of sp³-hybridized carbons (Fsp3) is 0.200. The first-order chi connectivity index (χ1) is 7.06. The molecular weight excluding hydrogens is 198 g/mol. The third-order valence-electron chi connectivity index (χ3n) is 1.99. The molecule has 0 heterocycles. The third-order valence-corrected chi connectivity index (χ3v) is 1.99. The molecule has 1 rings (SSSR count). The zero-order valence-electron chi connectivity index (χ0n) is 8.40. The van der Waals surface area contributed by atoms with Gasteiger partial charge in [-0.1, -0.05) is 6.07 Å². The van der Waals surface area contributed by atoms with Gasteiger partial charge in [0.25, 0.3) is 0 Å². The highest BCUT2D eigenvalue weighted by atomic mass is 16.5. The third kappa shape index (κ3) is 2.46. The van der Waals surface area contributed by atoms with Crippen LogP contribution >= 0.6 is 0 Å². The molecular formula is C10H11NO4. The number of carboxylic acid groups (broad SMARTS) is 1. The summed E-state index contributed by atoms with van der Waals surface area (Å²) >= 11 is 0. The second-order valence-corrected chi connectivity index (χ2v) is 2.90. The lowest BCUT2D eigenvalue weighted by Gasteiger charge is -2.08. The van der Waals surface area contributed by atoms with Crippen LogP contribution in [0.15, 0.2) is 18.2 Å². The van der Waals surface area contributed by atoms with Crippen molar-refractivity contribution in [3.05, 3.63) is 29.3 Å². The predicted molar refractivity (Wildman–Crippen MR) is 54.2 cm³/mol. The second kappa shape index (κ2) is 4.45. The van der Waals surface area contributed by atoms with Gasteiger partial charge in [0, 0.05) is 5.69 Å². The molecule has 0 saturated carbocycles. The smallest absolute Gasteiger partial charge is 0.411 e. The Morgan fingerprint density at radius 3 is 2.60 bits per heavy atom. The Morgan fingerprint density at radius 2 is 2.07 bits per heavy atom. The molecule has 1 amide bonds. The molecule has 0 aliphatic carbocycles. The highest BCUT2D eigenvalue weighted by Crippen LogP contribution is 2.18. The fourth-order valence-corrected chi connectivity index (χ4v) is 1.16. The molecule has 0 aromatic heterocycles. The fourth-order valence-electron chi connectivity index (χ4n) is 1.16. The van der Waals surface area contributed by atoms with Gasteiger partial charge in [-0.25, -0.2) is 9.59 Å². The van der Waals surface area contributed by atoms with Gasteiger partial charge in [-0.2, -0.15) is 0 Å². The molecule has 5 nitrogen and oxygen atoms in total. The number of amides is 1. The summed E-state index contributed by atoms with van der Waals surface area (Å²) in [6.45, 7) is 1.62. The van der Waals surface area contributed by atoms with Crippen LogP contribution in [0.5, 0.6) is 0 Å². The van der Waals surface area contributed by atoms with E-state index in [9.17, 15) is 9.59 Å². The summed E-state index contributed by atoms with van der Waals surface area (Å²) in [7, 11) is 1.24. The van der Waals surface area contributed by atoms with Crippen molar-refractivity contribution in [1.82, 2.24) is 0 Å². The molecule has 1 aromatic carbocycles. The molecule has 0 bridgehead atoms. The van der Waals surface area contributed by atoms with Crippen LogP contribution in [0, 0.1) is 6.92 Å².